The van der Waals surface area contributed by atoms with Gasteiger partial charge in [0.15, 0.2) is 0 Å². The van der Waals surface area contributed by atoms with Gasteiger partial charge in [-0.3, -0.25) is 0 Å². The molecule has 3 rings (SSSR count). The van der Waals surface area contributed by atoms with Gasteiger partial charge in [-0.05, 0) is 25.0 Å². The summed E-state index contributed by atoms with van der Waals surface area (Å²) in [5, 5.41) is 13.1. The van der Waals surface area contributed by atoms with Crippen molar-refractivity contribution in [2.24, 2.45) is 5.41 Å². The molecule has 6 nitrogen and oxygen atoms in total. The molecule has 0 unspecified atom stereocenters. The summed E-state index contributed by atoms with van der Waals surface area (Å²) >= 11 is 0. The number of nitrogens with zero attached hydrogens (tertiary/aromatic N) is 2. The van der Waals surface area contributed by atoms with E-state index >= 15 is 0 Å². The number of hydrogen-bond acceptors (Lipinski definition) is 4. The number of aliphatic hydroxyl groups is 1. The van der Waals surface area contributed by atoms with Gasteiger partial charge in [0.2, 0.25) is 10.0 Å². The van der Waals surface area contributed by atoms with Crippen molar-refractivity contribution in [3.8, 4) is 5.69 Å². The molecule has 1 aromatic carbocycles. The van der Waals surface area contributed by atoms with Crippen LogP contribution in [0.1, 0.15) is 12.8 Å². The second-order valence-electron chi connectivity index (χ2n) is 5.55. The molecule has 1 saturated carbocycles. The Morgan fingerprint density at radius 3 is 2.73 bits per heavy atom. The van der Waals surface area contributed by atoms with Gasteiger partial charge in [-0.1, -0.05) is 12.1 Å². The molecule has 0 atom stereocenters. The third-order valence-electron chi connectivity index (χ3n) is 3.90. The number of para-hydroxylation sites is 1. The summed E-state index contributed by atoms with van der Waals surface area (Å²) in [6.45, 7) is 0.153. The van der Waals surface area contributed by atoms with Crippen LogP contribution in [0.3, 0.4) is 0 Å². The van der Waals surface area contributed by atoms with Crippen LogP contribution in [0.25, 0.3) is 5.69 Å². The summed E-state index contributed by atoms with van der Waals surface area (Å²) in [7, 11) is -3.73. The normalized spacial score (nSPS) is 16.6. The van der Waals surface area contributed by atoms with E-state index in [1.54, 1.807) is 12.1 Å². The maximum Gasteiger partial charge on any atom is 0.243 e. The Morgan fingerprint density at radius 1 is 1.36 bits per heavy atom. The van der Waals surface area contributed by atoms with Gasteiger partial charge in [0, 0.05) is 18.6 Å². The van der Waals surface area contributed by atoms with Gasteiger partial charge in [0.1, 0.15) is 16.4 Å². The standard InChI is InChI=1S/C14H16FN3O3S/c15-12-3-1-2-4-13(12)18-8-11(7-16-18)22(20,21)17-9-14(10-19)5-6-14/h1-4,7-8,17,19H,5-6,9-10H2. The fourth-order valence-corrected chi connectivity index (χ4v) is 3.20. The Hall–Kier alpha value is -1.77. The summed E-state index contributed by atoms with van der Waals surface area (Å²) in [5.74, 6) is -0.486. The lowest BCUT2D eigenvalue weighted by Crippen LogP contribution is -2.31. The van der Waals surface area contributed by atoms with Crippen LogP contribution in [0.15, 0.2) is 41.6 Å². The summed E-state index contributed by atoms with van der Waals surface area (Å²) in [6, 6.07) is 5.98. The molecule has 1 aliphatic rings. The van der Waals surface area contributed by atoms with Gasteiger partial charge < -0.3 is 5.11 Å². The molecular weight excluding hydrogens is 309 g/mol. The molecule has 1 aliphatic carbocycles. The Balaban J connectivity index is 1.79. The van der Waals surface area contributed by atoms with E-state index in [1.807, 2.05) is 0 Å². The SMILES string of the molecule is O=S(=O)(NCC1(CO)CC1)c1cnn(-c2ccccc2F)c1. The van der Waals surface area contributed by atoms with Crippen LogP contribution in [0.2, 0.25) is 0 Å². The molecule has 118 valence electrons. The number of halogens is 1. The van der Waals surface area contributed by atoms with E-state index < -0.39 is 15.8 Å². The Labute approximate surface area is 127 Å². The van der Waals surface area contributed by atoms with Crippen LogP contribution in [0.4, 0.5) is 4.39 Å². The predicted octanol–water partition coefficient (Wildman–Crippen LogP) is 1.06. The van der Waals surface area contributed by atoms with Crippen molar-refractivity contribution in [2.75, 3.05) is 13.2 Å². The zero-order chi connectivity index (χ0) is 15.8. The lowest BCUT2D eigenvalue weighted by molar-refractivity contribution is 0.213. The van der Waals surface area contributed by atoms with E-state index in [2.05, 4.69) is 9.82 Å². The minimum Gasteiger partial charge on any atom is -0.396 e. The molecule has 22 heavy (non-hydrogen) atoms. The molecule has 1 aromatic heterocycles. The molecule has 0 aliphatic heterocycles. The number of aromatic nitrogens is 2. The highest BCUT2D eigenvalue weighted by Gasteiger charge is 2.42. The monoisotopic (exact) mass is 325 g/mol. The van der Waals surface area contributed by atoms with E-state index in [0.29, 0.717) is 0 Å². The maximum absolute atomic E-state index is 13.7. The van der Waals surface area contributed by atoms with Gasteiger partial charge in [0.05, 0.1) is 12.4 Å². The zero-order valence-corrected chi connectivity index (χ0v) is 12.6. The van der Waals surface area contributed by atoms with Crippen LogP contribution in [-0.4, -0.2) is 36.5 Å². The van der Waals surface area contributed by atoms with Crippen molar-refractivity contribution >= 4 is 10.0 Å². The first-order chi connectivity index (χ1) is 10.5. The fraction of sp³-hybridized carbons (Fsp3) is 0.357. The molecule has 1 heterocycles. The summed E-state index contributed by atoms with van der Waals surface area (Å²) in [4.78, 5) is -0.0375. The third kappa shape index (κ3) is 2.90. The van der Waals surface area contributed by atoms with E-state index in [4.69, 9.17) is 0 Å². The van der Waals surface area contributed by atoms with Crippen LogP contribution >= 0.6 is 0 Å². The quantitative estimate of drug-likeness (QED) is 0.832. The first kappa shape index (κ1) is 15.1. The van der Waals surface area contributed by atoms with E-state index in [9.17, 15) is 17.9 Å². The molecule has 0 spiro atoms. The molecule has 0 saturated heterocycles. The van der Waals surface area contributed by atoms with E-state index in [1.165, 1.54) is 29.2 Å². The molecule has 0 bridgehead atoms. The summed E-state index contributed by atoms with van der Waals surface area (Å²) in [6.07, 6.45) is 4.05. The highest BCUT2D eigenvalue weighted by molar-refractivity contribution is 7.89. The van der Waals surface area contributed by atoms with E-state index in [-0.39, 0.29) is 29.1 Å². The molecule has 0 radical (unpaired) electrons. The van der Waals surface area contributed by atoms with Crippen molar-refractivity contribution in [3.05, 3.63) is 42.5 Å². The topological polar surface area (TPSA) is 84.2 Å². The van der Waals surface area contributed by atoms with Crippen LogP contribution in [0, 0.1) is 11.2 Å². The largest absolute Gasteiger partial charge is 0.396 e. The average Bonchev–Trinajstić information content (AvgIpc) is 3.12. The van der Waals surface area contributed by atoms with Crippen molar-refractivity contribution < 1.29 is 17.9 Å². The zero-order valence-electron chi connectivity index (χ0n) is 11.7. The van der Waals surface area contributed by atoms with Crippen molar-refractivity contribution in [1.29, 1.82) is 0 Å². The number of hydrogen-bond donors (Lipinski definition) is 2. The van der Waals surface area contributed by atoms with Crippen molar-refractivity contribution in [3.63, 3.8) is 0 Å². The number of aliphatic hydroxyl groups excluding tert-OH is 1. The Bertz CT molecular complexity index is 784. The highest BCUT2D eigenvalue weighted by atomic mass is 32.2. The van der Waals surface area contributed by atoms with E-state index in [0.717, 1.165) is 12.8 Å². The molecule has 8 heteroatoms. The molecule has 0 amide bonds. The predicted molar refractivity (Wildman–Crippen MR) is 77.5 cm³/mol. The summed E-state index contributed by atoms with van der Waals surface area (Å²) < 4.78 is 41.8. The maximum atomic E-state index is 13.7. The van der Waals surface area contributed by atoms with Gasteiger partial charge >= 0.3 is 0 Å². The lowest BCUT2D eigenvalue weighted by Gasteiger charge is -2.12. The molecule has 2 aromatic rings. The van der Waals surface area contributed by atoms with Crippen LogP contribution in [-0.2, 0) is 10.0 Å². The fourth-order valence-electron chi connectivity index (χ4n) is 2.11. The second-order valence-corrected chi connectivity index (χ2v) is 7.32. The molecule has 1 fully saturated rings. The molecular formula is C14H16FN3O3S. The van der Waals surface area contributed by atoms with Gasteiger partial charge in [0.25, 0.3) is 0 Å². The number of nitrogens with one attached hydrogen (secondary N) is 1. The van der Waals surface area contributed by atoms with Crippen molar-refractivity contribution in [1.82, 2.24) is 14.5 Å². The Kier molecular flexibility index (Phi) is 3.75. The second kappa shape index (κ2) is 5.45. The average molecular weight is 325 g/mol. The van der Waals surface area contributed by atoms with Crippen molar-refractivity contribution in [2.45, 2.75) is 17.7 Å². The summed E-state index contributed by atoms with van der Waals surface area (Å²) in [5.41, 5.74) is -0.146. The van der Waals surface area contributed by atoms with Crippen LogP contribution in [0.5, 0.6) is 0 Å². The van der Waals surface area contributed by atoms with Gasteiger partial charge in [-0.2, -0.15) is 5.10 Å². The smallest absolute Gasteiger partial charge is 0.243 e. The first-order valence-electron chi connectivity index (χ1n) is 6.86. The third-order valence-corrected chi connectivity index (χ3v) is 5.25. The number of rotatable bonds is 6. The minimum absolute atomic E-state index is 0.0375. The first-order valence-corrected chi connectivity index (χ1v) is 8.34. The Morgan fingerprint density at radius 2 is 2.09 bits per heavy atom. The van der Waals surface area contributed by atoms with Gasteiger partial charge in [-0.25, -0.2) is 22.2 Å². The number of benzene rings is 1. The van der Waals surface area contributed by atoms with Crippen LogP contribution < -0.4 is 4.72 Å². The number of sulfonamides is 1. The molecule has 2 N–H and O–H groups in total. The lowest BCUT2D eigenvalue weighted by atomic mass is 10.1. The minimum atomic E-state index is -3.73. The highest BCUT2D eigenvalue weighted by Crippen LogP contribution is 2.44. The van der Waals surface area contributed by atoms with Gasteiger partial charge in [-0.15, -0.1) is 0 Å².